The summed E-state index contributed by atoms with van der Waals surface area (Å²) >= 11 is 0. The lowest BCUT2D eigenvalue weighted by atomic mass is 9.98. The van der Waals surface area contributed by atoms with E-state index in [0.717, 1.165) is 5.56 Å². The Balaban J connectivity index is 1.60. The van der Waals surface area contributed by atoms with Crippen LogP contribution in [0.4, 0.5) is 0 Å². The van der Waals surface area contributed by atoms with Gasteiger partial charge in [-0.1, -0.05) is 65.8 Å². The maximum Gasteiger partial charge on any atom is 0.165 e. The van der Waals surface area contributed by atoms with Crippen molar-refractivity contribution in [3.63, 3.8) is 0 Å². The van der Waals surface area contributed by atoms with E-state index in [1.54, 1.807) is 24.3 Å². The van der Waals surface area contributed by atoms with Crippen LogP contribution in [0.1, 0.15) is 34.9 Å². The zero-order chi connectivity index (χ0) is 15.4. The average Bonchev–Trinajstić information content (AvgIpc) is 3.06. The number of aliphatic hydroxyl groups excluding tert-OH is 1. The number of rotatable bonds is 5. The Morgan fingerprint density at radius 3 is 2.45 bits per heavy atom. The first-order valence-corrected chi connectivity index (χ1v) is 7.28. The summed E-state index contributed by atoms with van der Waals surface area (Å²) in [7, 11) is 0. The highest BCUT2D eigenvalue weighted by Gasteiger charge is 2.28. The molecule has 3 rings (SSSR count). The maximum absolute atomic E-state index is 12.1. The third-order valence-corrected chi connectivity index (χ3v) is 3.72. The number of aliphatic hydroxyl groups is 1. The zero-order valence-electron chi connectivity index (χ0n) is 12.1. The molecular weight excluding hydrogens is 278 g/mol. The third-order valence-electron chi connectivity index (χ3n) is 3.72. The van der Waals surface area contributed by atoms with E-state index in [1.807, 2.05) is 36.4 Å². The molecule has 2 atom stereocenters. The van der Waals surface area contributed by atoms with E-state index in [1.165, 1.54) is 0 Å². The van der Waals surface area contributed by atoms with Gasteiger partial charge in [-0.2, -0.15) is 0 Å². The van der Waals surface area contributed by atoms with Crippen molar-refractivity contribution in [2.75, 3.05) is 0 Å². The zero-order valence-corrected chi connectivity index (χ0v) is 12.1. The summed E-state index contributed by atoms with van der Waals surface area (Å²) in [5.41, 5.74) is 2.14. The maximum atomic E-state index is 12.1. The normalized spacial score (nSPS) is 18.4. The number of carbonyl (C=O) groups excluding carboxylic acids is 1. The number of oxime groups is 1. The minimum absolute atomic E-state index is 0.0215. The van der Waals surface area contributed by atoms with Gasteiger partial charge in [0.1, 0.15) is 6.10 Å². The molecule has 0 fully saturated rings. The summed E-state index contributed by atoms with van der Waals surface area (Å²) in [4.78, 5) is 17.5. The second-order valence-corrected chi connectivity index (χ2v) is 5.30. The fourth-order valence-electron chi connectivity index (χ4n) is 2.47. The van der Waals surface area contributed by atoms with Crippen LogP contribution in [0, 0.1) is 0 Å². The van der Waals surface area contributed by atoms with Crippen molar-refractivity contribution in [2.24, 2.45) is 5.16 Å². The van der Waals surface area contributed by atoms with Gasteiger partial charge in [-0.05, 0) is 5.56 Å². The Morgan fingerprint density at radius 1 is 1.14 bits per heavy atom. The van der Waals surface area contributed by atoms with Gasteiger partial charge in [0, 0.05) is 18.4 Å². The van der Waals surface area contributed by atoms with E-state index in [2.05, 4.69) is 5.16 Å². The van der Waals surface area contributed by atoms with E-state index >= 15 is 0 Å². The number of hydrogen-bond acceptors (Lipinski definition) is 4. The number of nitrogens with zero attached hydrogens (tertiary/aromatic N) is 1. The summed E-state index contributed by atoms with van der Waals surface area (Å²) in [5.74, 6) is -0.0982. The molecule has 0 aliphatic carbocycles. The largest absolute Gasteiger partial charge is 0.387 e. The van der Waals surface area contributed by atoms with Gasteiger partial charge in [0.25, 0.3) is 0 Å². The minimum atomic E-state index is -0.901. The van der Waals surface area contributed by atoms with Crippen LogP contribution in [0.3, 0.4) is 0 Å². The molecule has 0 aromatic heterocycles. The second kappa shape index (κ2) is 6.54. The van der Waals surface area contributed by atoms with Gasteiger partial charge >= 0.3 is 0 Å². The molecule has 112 valence electrons. The van der Waals surface area contributed by atoms with Crippen LogP contribution in [0.15, 0.2) is 65.8 Å². The van der Waals surface area contributed by atoms with Crippen LogP contribution in [-0.4, -0.2) is 22.7 Å². The fourth-order valence-corrected chi connectivity index (χ4v) is 2.47. The van der Waals surface area contributed by atoms with Crippen molar-refractivity contribution < 1.29 is 14.7 Å². The molecule has 0 saturated heterocycles. The van der Waals surface area contributed by atoms with Crippen molar-refractivity contribution in [1.29, 1.82) is 0 Å². The van der Waals surface area contributed by atoms with E-state index in [4.69, 9.17) is 4.84 Å². The molecule has 1 unspecified atom stereocenters. The van der Waals surface area contributed by atoms with E-state index < -0.39 is 6.10 Å². The lowest BCUT2D eigenvalue weighted by molar-refractivity contribution is 0.0854. The van der Waals surface area contributed by atoms with Crippen molar-refractivity contribution in [1.82, 2.24) is 0 Å². The van der Waals surface area contributed by atoms with Gasteiger partial charge in [-0.15, -0.1) is 0 Å². The van der Waals surface area contributed by atoms with E-state index in [0.29, 0.717) is 17.7 Å². The number of ketones is 1. The van der Waals surface area contributed by atoms with Crippen LogP contribution in [0.25, 0.3) is 0 Å². The Kier molecular flexibility index (Phi) is 4.30. The predicted octanol–water partition coefficient (Wildman–Crippen LogP) is 3.14. The van der Waals surface area contributed by atoms with Crippen molar-refractivity contribution in [3.05, 3.63) is 71.8 Å². The first kappa shape index (κ1) is 14.5. The minimum Gasteiger partial charge on any atom is -0.387 e. The Hall–Kier alpha value is -2.46. The molecule has 0 saturated carbocycles. The Morgan fingerprint density at radius 2 is 1.77 bits per heavy atom. The van der Waals surface area contributed by atoms with Gasteiger partial charge in [0.2, 0.25) is 0 Å². The molecule has 2 aromatic carbocycles. The van der Waals surface area contributed by atoms with Crippen LogP contribution in [-0.2, 0) is 4.84 Å². The van der Waals surface area contributed by atoms with E-state index in [-0.39, 0.29) is 18.3 Å². The molecule has 0 bridgehead atoms. The second-order valence-electron chi connectivity index (χ2n) is 5.30. The smallest absolute Gasteiger partial charge is 0.165 e. The summed E-state index contributed by atoms with van der Waals surface area (Å²) in [6.45, 7) is 0. The van der Waals surface area contributed by atoms with Crippen LogP contribution >= 0.6 is 0 Å². The lowest BCUT2D eigenvalue weighted by Gasteiger charge is -2.10. The van der Waals surface area contributed by atoms with Crippen molar-refractivity contribution in [2.45, 2.75) is 25.0 Å². The van der Waals surface area contributed by atoms with E-state index in [9.17, 15) is 9.90 Å². The van der Waals surface area contributed by atoms with Crippen LogP contribution in [0.5, 0.6) is 0 Å². The number of hydrogen-bond donors (Lipinski definition) is 1. The highest BCUT2D eigenvalue weighted by atomic mass is 16.6. The molecular formula is C18H17NO3. The number of carbonyl (C=O) groups is 1. The molecule has 1 aliphatic rings. The SMILES string of the molecule is O=C(C[C@H](O)C1=NOC(c2ccccc2)C1)c1ccccc1. The molecule has 0 spiro atoms. The van der Waals surface area contributed by atoms with Gasteiger partial charge in [0.05, 0.1) is 5.71 Å². The summed E-state index contributed by atoms with van der Waals surface area (Å²) in [5, 5.41) is 14.2. The average molecular weight is 295 g/mol. The highest BCUT2D eigenvalue weighted by Crippen LogP contribution is 2.28. The summed E-state index contributed by atoms with van der Waals surface area (Å²) < 4.78 is 0. The molecule has 4 nitrogen and oxygen atoms in total. The monoisotopic (exact) mass is 295 g/mol. The molecule has 1 aliphatic heterocycles. The number of benzene rings is 2. The molecule has 0 amide bonds. The molecule has 22 heavy (non-hydrogen) atoms. The highest BCUT2D eigenvalue weighted by molar-refractivity contribution is 6.00. The lowest BCUT2D eigenvalue weighted by Crippen LogP contribution is -2.23. The van der Waals surface area contributed by atoms with Crippen molar-refractivity contribution >= 4 is 11.5 Å². The summed E-state index contributed by atoms with van der Waals surface area (Å²) in [6.07, 6.45) is -0.555. The van der Waals surface area contributed by atoms with Crippen LogP contribution in [0.2, 0.25) is 0 Å². The van der Waals surface area contributed by atoms with Crippen molar-refractivity contribution in [3.8, 4) is 0 Å². The first-order chi connectivity index (χ1) is 10.7. The van der Waals surface area contributed by atoms with Gasteiger partial charge in [-0.3, -0.25) is 4.79 Å². The first-order valence-electron chi connectivity index (χ1n) is 7.28. The third kappa shape index (κ3) is 3.23. The Labute approximate surface area is 129 Å². The topological polar surface area (TPSA) is 58.9 Å². The van der Waals surface area contributed by atoms with Gasteiger partial charge in [-0.25, -0.2) is 0 Å². The number of Topliss-reactive ketones (excluding diaryl/α,β-unsaturated/α-hetero) is 1. The Bertz CT molecular complexity index is 667. The molecule has 1 heterocycles. The molecule has 0 radical (unpaired) electrons. The molecule has 2 aromatic rings. The quantitative estimate of drug-likeness (QED) is 0.862. The standard InChI is InChI=1S/C18H17NO3/c20-16(13-7-3-1-4-8-13)12-17(21)15-11-18(22-19-15)14-9-5-2-6-10-14/h1-10,17-18,21H,11-12H2/t17-,18?/m0/s1. The van der Waals surface area contributed by atoms with Gasteiger partial charge in [0.15, 0.2) is 11.9 Å². The fraction of sp³-hybridized carbons (Fsp3) is 0.222. The van der Waals surface area contributed by atoms with Crippen LogP contribution < -0.4 is 0 Å². The van der Waals surface area contributed by atoms with Gasteiger partial charge < -0.3 is 9.94 Å². The predicted molar refractivity (Wildman–Crippen MR) is 83.7 cm³/mol. The molecule has 4 heteroatoms. The summed E-state index contributed by atoms with van der Waals surface area (Å²) in [6, 6.07) is 18.7. The molecule has 1 N–H and O–H groups in total.